The maximum atomic E-state index is 10.3. The summed E-state index contributed by atoms with van der Waals surface area (Å²) in [5.74, 6) is -2.29. The van der Waals surface area contributed by atoms with E-state index in [0.717, 1.165) is 0 Å². The van der Waals surface area contributed by atoms with Gasteiger partial charge in [-0.05, 0) is 50.2 Å². The molecular formula is C17H20N2O4. The molecule has 6 heteroatoms. The van der Waals surface area contributed by atoms with Gasteiger partial charge in [0.15, 0.2) is 11.5 Å². The van der Waals surface area contributed by atoms with Crippen molar-refractivity contribution < 1.29 is 20.1 Å². The Morgan fingerprint density at radius 2 is 2.04 bits per heavy atom. The number of carboxylic acid groups (broad SMARTS) is 1. The van der Waals surface area contributed by atoms with Gasteiger partial charge in [0, 0.05) is 18.4 Å². The molecule has 2 aromatic rings. The number of nitrogens with zero attached hydrogens (tertiary/aromatic N) is 2. The Bertz CT molecular complexity index is 661. The summed E-state index contributed by atoms with van der Waals surface area (Å²) in [6.07, 6.45) is 6.41. The van der Waals surface area contributed by atoms with Crippen molar-refractivity contribution in [3.8, 4) is 11.5 Å². The largest absolute Gasteiger partial charge is 0.504 e. The summed E-state index contributed by atoms with van der Waals surface area (Å²) in [6.45, 7) is 1.22. The number of carbonyl (C=O) groups is 1. The van der Waals surface area contributed by atoms with Crippen LogP contribution in [0.3, 0.4) is 0 Å². The first-order valence-corrected chi connectivity index (χ1v) is 7.35. The highest BCUT2D eigenvalue weighted by Crippen LogP contribution is 2.29. The molecule has 0 saturated carbocycles. The third-order valence-corrected chi connectivity index (χ3v) is 3.83. The van der Waals surface area contributed by atoms with E-state index in [1.165, 1.54) is 43.1 Å². The molecule has 3 N–H and O–H groups in total. The van der Waals surface area contributed by atoms with E-state index in [0.29, 0.717) is 6.04 Å². The summed E-state index contributed by atoms with van der Waals surface area (Å²) >= 11 is 0. The number of carboxylic acids is 1. The first-order chi connectivity index (χ1) is 11.0. The molecule has 1 aliphatic rings. The molecule has 6 nitrogen and oxygen atoms in total. The van der Waals surface area contributed by atoms with Gasteiger partial charge in [0.2, 0.25) is 0 Å². The zero-order chi connectivity index (χ0) is 16.8. The number of rotatable bonds is 2. The van der Waals surface area contributed by atoms with Gasteiger partial charge in [-0.1, -0.05) is 12.1 Å². The molecule has 1 saturated heterocycles. The molecule has 1 atom stereocenters. The second kappa shape index (κ2) is 7.60. The third kappa shape index (κ3) is 4.20. The fourth-order valence-corrected chi connectivity index (χ4v) is 2.61. The molecule has 3 rings (SSSR count). The number of para-hydroxylation sites is 1. The summed E-state index contributed by atoms with van der Waals surface area (Å²) in [6, 6.07) is 8.55. The third-order valence-electron chi connectivity index (χ3n) is 3.83. The lowest BCUT2D eigenvalue weighted by molar-refractivity contribution is 0.0693. The molecule has 1 fully saturated rings. The van der Waals surface area contributed by atoms with E-state index in [9.17, 15) is 4.79 Å². The molecule has 0 bridgehead atoms. The lowest BCUT2D eigenvalue weighted by Gasteiger charge is -2.18. The summed E-state index contributed by atoms with van der Waals surface area (Å²) in [5.41, 5.74) is 1.06. The number of likely N-dealkylation sites (tertiary alicyclic amines) is 1. The normalized spacial score (nSPS) is 17.3. The van der Waals surface area contributed by atoms with Crippen molar-refractivity contribution in [2.24, 2.45) is 0 Å². The number of hydrogen-bond acceptors (Lipinski definition) is 5. The van der Waals surface area contributed by atoms with Gasteiger partial charge >= 0.3 is 5.97 Å². The van der Waals surface area contributed by atoms with E-state index in [4.69, 9.17) is 15.3 Å². The monoisotopic (exact) mass is 316 g/mol. The van der Waals surface area contributed by atoms with Crippen molar-refractivity contribution in [3.63, 3.8) is 0 Å². The summed E-state index contributed by atoms with van der Waals surface area (Å²) in [7, 11) is 2.19. The highest BCUT2D eigenvalue weighted by molar-refractivity contribution is 5.91. The van der Waals surface area contributed by atoms with Crippen molar-refractivity contribution >= 4 is 5.97 Å². The predicted octanol–water partition coefficient (Wildman–Crippen LogP) is 2.64. The van der Waals surface area contributed by atoms with E-state index in [2.05, 4.69) is 23.0 Å². The van der Waals surface area contributed by atoms with Gasteiger partial charge < -0.3 is 15.3 Å². The number of benzene rings is 1. The Balaban J connectivity index is 0.000000168. The van der Waals surface area contributed by atoms with E-state index < -0.39 is 17.5 Å². The maximum Gasteiger partial charge on any atom is 0.339 e. The minimum Gasteiger partial charge on any atom is -0.504 e. The maximum absolute atomic E-state index is 10.3. The lowest BCUT2D eigenvalue weighted by Crippen LogP contribution is -2.17. The number of phenolic OH excluding ortho intramolecular Hbond substituents is 1. The van der Waals surface area contributed by atoms with Gasteiger partial charge in [-0.25, -0.2) is 4.79 Å². The molecule has 122 valence electrons. The number of phenols is 2. The zero-order valence-corrected chi connectivity index (χ0v) is 12.9. The molecule has 0 amide bonds. The topological polar surface area (TPSA) is 93.9 Å². The zero-order valence-electron chi connectivity index (χ0n) is 12.9. The van der Waals surface area contributed by atoms with Crippen LogP contribution >= 0.6 is 0 Å². The van der Waals surface area contributed by atoms with Gasteiger partial charge in [0.05, 0.1) is 0 Å². The number of aromatic carboxylic acids is 1. The van der Waals surface area contributed by atoms with Crippen molar-refractivity contribution in [1.29, 1.82) is 0 Å². The Morgan fingerprint density at radius 1 is 1.26 bits per heavy atom. The Labute approximate surface area is 134 Å². The SMILES string of the molecule is CN1CCC[C@H]1c1cccnc1.O=C(O)c1cccc(O)c1O. The molecule has 1 aliphatic heterocycles. The van der Waals surface area contributed by atoms with Crippen molar-refractivity contribution in [1.82, 2.24) is 9.88 Å². The number of hydrogen-bond donors (Lipinski definition) is 3. The lowest BCUT2D eigenvalue weighted by atomic mass is 10.1. The van der Waals surface area contributed by atoms with E-state index in [1.54, 1.807) is 0 Å². The van der Waals surface area contributed by atoms with Crippen LogP contribution in [-0.2, 0) is 0 Å². The van der Waals surface area contributed by atoms with E-state index >= 15 is 0 Å². The van der Waals surface area contributed by atoms with E-state index in [1.807, 2.05) is 18.5 Å². The number of aromatic nitrogens is 1. The van der Waals surface area contributed by atoms with Crippen molar-refractivity contribution in [3.05, 3.63) is 53.9 Å². The quantitative estimate of drug-likeness (QED) is 0.737. The van der Waals surface area contributed by atoms with Gasteiger partial charge in [-0.15, -0.1) is 0 Å². The van der Waals surface area contributed by atoms with Crippen molar-refractivity contribution in [2.75, 3.05) is 13.6 Å². The molecular weight excluding hydrogens is 296 g/mol. The standard InChI is InChI=1S/C10H14N2.C7H6O4/c1-12-7-3-5-10(12)9-4-2-6-11-8-9;8-5-3-1-2-4(6(5)9)7(10)11/h2,4,6,8,10H,3,5,7H2,1H3;1-3,8-9H,(H,10,11)/t10-;/m0./s1. The van der Waals surface area contributed by atoms with Gasteiger partial charge in [-0.2, -0.15) is 0 Å². The number of aromatic hydroxyl groups is 2. The molecule has 1 aromatic heterocycles. The average molecular weight is 316 g/mol. The molecule has 23 heavy (non-hydrogen) atoms. The van der Waals surface area contributed by atoms with Crippen LogP contribution in [0, 0.1) is 0 Å². The second-order valence-electron chi connectivity index (χ2n) is 5.40. The van der Waals surface area contributed by atoms with Crippen molar-refractivity contribution in [2.45, 2.75) is 18.9 Å². The number of pyridine rings is 1. The molecule has 0 unspecified atom stereocenters. The fourth-order valence-electron chi connectivity index (χ4n) is 2.61. The summed E-state index contributed by atoms with van der Waals surface area (Å²) in [5, 5.41) is 26.2. The minimum absolute atomic E-state index is 0.301. The van der Waals surface area contributed by atoms with Gasteiger partial charge in [-0.3, -0.25) is 9.88 Å². The molecule has 0 radical (unpaired) electrons. The van der Waals surface area contributed by atoms with Gasteiger partial charge in [0.1, 0.15) is 5.56 Å². The van der Waals surface area contributed by atoms with Crippen LogP contribution in [-0.4, -0.2) is 44.8 Å². The highest BCUT2D eigenvalue weighted by atomic mass is 16.4. The minimum atomic E-state index is -1.27. The van der Waals surface area contributed by atoms with Crippen LogP contribution < -0.4 is 0 Å². The Hall–Kier alpha value is -2.60. The van der Waals surface area contributed by atoms with Gasteiger partial charge in [0.25, 0.3) is 0 Å². The van der Waals surface area contributed by atoms with Crippen LogP contribution in [0.15, 0.2) is 42.7 Å². The van der Waals surface area contributed by atoms with Crippen LogP contribution in [0.2, 0.25) is 0 Å². The first-order valence-electron chi connectivity index (χ1n) is 7.35. The highest BCUT2D eigenvalue weighted by Gasteiger charge is 2.21. The summed E-state index contributed by atoms with van der Waals surface area (Å²) in [4.78, 5) is 16.8. The van der Waals surface area contributed by atoms with Crippen LogP contribution in [0.4, 0.5) is 0 Å². The molecule has 2 heterocycles. The van der Waals surface area contributed by atoms with Crippen LogP contribution in [0.1, 0.15) is 34.8 Å². The average Bonchev–Trinajstić information content (AvgIpc) is 2.97. The first kappa shape index (κ1) is 16.8. The van der Waals surface area contributed by atoms with E-state index in [-0.39, 0.29) is 5.56 Å². The predicted molar refractivity (Wildman–Crippen MR) is 85.6 cm³/mol. The van der Waals surface area contributed by atoms with Crippen LogP contribution in [0.5, 0.6) is 11.5 Å². The molecule has 1 aromatic carbocycles. The molecule has 0 aliphatic carbocycles. The fraction of sp³-hybridized carbons (Fsp3) is 0.294. The second-order valence-corrected chi connectivity index (χ2v) is 5.40. The smallest absolute Gasteiger partial charge is 0.339 e. The van der Waals surface area contributed by atoms with Crippen LogP contribution in [0.25, 0.3) is 0 Å². The Kier molecular flexibility index (Phi) is 5.54. The Morgan fingerprint density at radius 3 is 2.57 bits per heavy atom. The molecule has 0 spiro atoms. The summed E-state index contributed by atoms with van der Waals surface area (Å²) < 4.78 is 0.